The molecule has 0 aromatic heterocycles. The number of benzene rings is 2. The Hall–Kier alpha value is -3.49. The van der Waals surface area contributed by atoms with Crippen molar-refractivity contribution in [2.75, 3.05) is 19.8 Å². The summed E-state index contributed by atoms with van der Waals surface area (Å²) in [7, 11) is 0. The fraction of sp³-hybridized carbons (Fsp3) is 0.300. The van der Waals surface area contributed by atoms with Crippen LogP contribution >= 0.6 is 0 Å². The number of carbonyl (C=O) groups excluding carboxylic acids is 2. The molecule has 2 aromatic rings. The van der Waals surface area contributed by atoms with E-state index in [1.54, 1.807) is 6.92 Å². The quantitative estimate of drug-likeness (QED) is 0.281. The van der Waals surface area contributed by atoms with Gasteiger partial charge in [0.05, 0.1) is 23.7 Å². The molecule has 0 radical (unpaired) electrons. The number of nitro groups is 1. The second kappa shape index (κ2) is 10.7. The highest BCUT2D eigenvalue weighted by Gasteiger charge is 2.18. The van der Waals surface area contributed by atoms with Gasteiger partial charge >= 0.3 is 5.97 Å². The first-order valence-corrected chi connectivity index (χ1v) is 9.04. The van der Waals surface area contributed by atoms with Crippen molar-refractivity contribution in [3.63, 3.8) is 0 Å². The molecule has 154 valence electrons. The van der Waals surface area contributed by atoms with Crippen LogP contribution in [0.1, 0.15) is 40.5 Å². The van der Waals surface area contributed by atoms with Crippen molar-refractivity contribution in [2.24, 2.45) is 0 Å². The van der Waals surface area contributed by atoms with Gasteiger partial charge < -0.3 is 14.8 Å². The number of nitro benzene ring substituents is 1. The Labute approximate surface area is 166 Å². The van der Waals surface area contributed by atoms with Gasteiger partial charge in [-0.15, -0.1) is 0 Å². The number of hydrogen-bond donors (Lipinski definition) is 1. The second-order valence-electron chi connectivity index (χ2n) is 6.01. The number of carbonyl (C=O) groups is 2. The molecule has 2 aromatic carbocycles. The molecule has 1 amide bonds. The van der Waals surface area contributed by atoms with E-state index in [1.165, 1.54) is 30.3 Å². The molecule has 0 unspecified atom stereocenters. The molecule has 8 nitrogen and oxygen atoms in total. The Morgan fingerprint density at radius 3 is 2.45 bits per heavy atom. The SMILES string of the molecule is CCOC(=O)c1cc(C(=O)NCCCCOc2ccc(F)cc2)cc([N+](=O)[O-])c1. The van der Waals surface area contributed by atoms with Crippen LogP contribution in [0.3, 0.4) is 0 Å². The van der Waals surface area contributed by atoms with Crippen LogP contribution in [-0.2, 0) is 4.74 Å². The van der Waals surface area contributed by atoms with E-state index in [4.69, 9.17) is 9.47 Å². The van der Waals surface area contributed by atoms with Gasteiger partial charge in [0.25, 0.3) is 11.6 Å². The Morgan fingerprint density at radius 1 is 1.10 bits per heavy atom. The normalized spacial score (nSPS) is 10.3. The van der Waals surface area contributed by atoms with E-state index in [-0.39, 0.29) is 29.2 Å². The molecule has 0 fully saturated rings. The third-order valence-corrected chi connectivity index (χ3v) is 3.84. The summed E-state index contributed by atoms with van der Waals surface area (Å²) in [5.74, 6) is -1.05. The van der Waals surface area contributed by atoms with Crippen molar-refractivity contribution >= 4 is 17.6 Å². The number of amides is 1. The molecular formula is C20H21FN2O6. The number of nitrogens with one attached hydrogen (secondary N) is 1. The van der Waals surface area contributed by atoms with Gasteiger partial charge in [-0.05, 0) is 50.1 Å². The minimum Gasteiger partial charge on any atom is -0.494 e. The van der Waals surface area contributed by atoms with Crippen LogP contribution < -0.4 is 10.1 Å². The molecule has 0 heterocycles. The molecule has 0 aliphatic heterocycles. The van der Waals surface area contributed by atoms with E-state index in [2.05, 4.69) is 5.32 Å². The summed E-state index contributed by atoms with van der Waals surface area (Å²) >= 11 is 0. The van der Waals surface area contributed by atoms with Gasteiger partial charge in [-0.1, -0.05) is 0 Å². The van der Waals surface area contributed by atoms with Crippen molar-refractivity contribution in [1.82, 2.24) is 5.32 Å². The topological polar surface area (TPSA) is 108 Å². The number of halogens is 1. The van der Waals surface area contributed by atoms with Crippen molar-refractivity contribution in [3.8, 4) is 5.75 Å². The highest BCUT2D eigenvalue weighted by molar-refractivity contribution is 5.99. The zero-order valence-electron chi connectivity index (χ0n) is 15.9. The zero-order chi connectivity index (χ0) is 21.2. The highest BCUT2D eigenvalue weighted by atomic mass is 19.1. The van der Waals surface area contributed by atoms with Gasteiger partial charge in [0.2, 0.25) is 0 Å². The maximum absolute atomic E-state index is 12.8. The predicted molar refractivity (Wildman–Crippen MR) is 103 cm³/mol. The lowest BCUT2D eigenvalue weighted by Crippen LogP contribution is -2.25. The zero-order valence-corrected chi connectivity index (χ0v) is 15.9. The largest absolute Gasteiger partial charge is 0.494 e. The fourth-order valence-corrected chi connectivity index (χ4v) is 2.43. The molecule has 0 saturated heterocycles. The van der Waals surface area contributed by atoms with Crippen molar-refractivity contribution in [2.45, 2.75) is 19.8 Å². The van der Waals surface area contributed by atoms with Crippen LogP contribution in [-0.4, -0.2) is 36.6 Å². The summed E-state index contributed by atoms with van der Waals surface area (Å²) in [6, 6.07) is 9.11. The van der Waals surface area contributed by atoms with E-state index >= 15 is 0 Å². The lowest BCUT2D eigenvalue weighted by atomic mass is 10.1. The van der Waals surface area contributed by atoms with Crippen molar-refractivity contribution < 1.29 is 28.4 Å². The molecule has 1 N–H and O–H groups in total. The molecule has 0 bridgehead atoms. The summed E-state index contributed by atoms with van der Waals surface area (Å²) in [4.78, 5) is 34.5. The maximum atomic E-state index is 12.8. The Kier molecular flexibility index (Phi) is 8.08. The van der Waals surface area contributed by atoms with Crippen molar-refractivity contribution in [3.05, 3.63) is 69.5 Å². The molecule has 0 atom stereocenters. The van der Waals surface area contributed by atoms with Crippen molar-refractivity contribution in [1.29, 1.82) is 0 Å². The molecule has 0 aliphatic rings. The number of esters is 1. The minimum atomic E-state index is -0.733. The van der Waals surface area contributed by atoms with Gasteiger partial charge in [-0.25, -0.2) is 9.18 Å². The number of rotatable bonds is 10. The molecule has 0 saturated carbocycles. The van der Waals surface area contributed by atoms with E-state index < -0.39 is 16.8 Å². The fourth-order valence-electron chi connectivity index (χ4n) is 2.43. The molecule has 9 heteroatoms. The number of nitrogens with zero attached hydrogens (tertiary/aromatic N) is 1. The first-order valence-electron chi connectivity index (χ1n) is 9.04. The minimum absolute atomic E-state index is 0.00446. The summed E-state index contributed by atoms with van der Waals surface area (Å²) in [5.41, 5.74) is -0.419. The average Bonchev–Trinajstić information content (AvgIpc) is 2.71. The third kappa shape index (κ3) is 6.87. The van der Waals surface area contributed by atoms with Crippen LogP contribution in [0, 0.1) is 15.9 Å². The summed E-state index contributed by atoms with van der Waals surface area (Å²) < 4.78 is 23.1. The Bertz CT molecular complexity index is 870. The number of unbranched alkanes of at least 4 members (excludes halogenated alkanes) is 1. The Balaban J connectivity index is 1.85. The van der Waals surface area contributed by atoms with Crippen LogP contribution in [0.25, 0.3) is 0 Å². The van der Waals surface area contributed by atoms with Gasteiger partial charge in [-0.2, -0.15) is 0 Å². The highest BCUT2D eigenvalue weighted by Crippen LogP contribution is 2.18. The molecule has 0 aliphatic carbocycles. The smallest absolute Gasteiger partial charge is 0.338 e. The van der Waals surface area contributed by atoms with E-state index in [1.807, 2.05) is 0 Å². The summed E-state index contributed by atoms with van der Waals surface area (Å²) in [6.07, 6.45) is 1.24. The summed E-state index contributed by atoms with van der Waals surface area (Å²) in [5, 5.41) is 13.7. The van der Waals surface area contributed by atoms with Crippen LogP contribution in [0.2, 0.25) is 0 Å². The third-order valence-electron chi connectivity index (χ3n) is 3.84. The molecule has 2 rings (SSSR count). The number of non-ortho nitro benzene ring substituents is 1. The monoisotopic (exact) mass is 404 g/mol. The lowest BCUT2D eigenvalue weighted by molar-refractivity contribution is -0.384. The first kappa shape index (κ1) is 21.8. The van der Waals surface area contributed by atoms with Gasteiger partial charge in [0.15, 0.2) is 0 Å². The maximum Gasteiger partial charge on any atom is 0.338 e. The van der Waals surface area contributed by atoms with E-state index in [0.29, 0.717) is 31.7 Å². The van der Waals surface area contributed by atoms with E-state index in [9.17, 15) is 24.1 Å². The van der Waals surface area contributed by atoms with Gasteiger partial charge in [-0.3, -0.25) is 14.9 Å². The second-order valence-corrected chi connectivity index (χ2v) is 6.01. The van der Waals surface area contributed by atoms with Gasteiger partial charge in [0, 0.05) is 24.2 Å². The van der Waals surface area contributed by atoms with E-state index in [0.717, 1.165) is 12.1 Å². The molecule has 29 heavy (non-hydrogen) atoms. The van der Waals surface area contributed by atoms with Crippen LogP contribution in [0.15, 0.2) is 42.5 Å². The average molecular weight is 404 g/mol. The first-order chi connectivity index (χ1) is 13.9. The summed E-state index contributed by atoms with van der Waals surface area (Å²) in [6.45, 7) is 2.44. The number of hydrogen-bond acceptors (Lipinski definition) is 6. The van der Waals surface area contributed by atoms with Gasteiger partial charge in [0.1, 0.15) is 11.6 Å². The predicted octanol–water partition coefficient (Wildman–Crippen LogP) is 3.50. The Morgan fingerprint density at radius 2 is 1.79 bits per heavy atom. The molecular weight excluding hydrogens is 383 g/mol. The standard InChI is InChI=1S/C20H21FN2O6/c1-2-28-20(25)15-11-14(12-17(13-15)23(26)27)19(24)22-9-3-4-10-29-18-7-5-16(21)6-8-18/h5-8,11-13H,2-4,9-10H2,1H3,(H,22,24). The molecule has 0 spiro atoms. The lowest BCUT2D eigenvalue weighted by Gasteiger charge is -2.08. The van der Waals surface area contributed by atoms with Crippen LogP contribution in [0.4, 0.5) is 10.1 Å². The number of ether oxygens (including phenoxy) is 2. The van der Waals surface area contributed by atoms with Crippen LogP contribution in [0.5, 0.6) is 5.75 Å².